The van der Waals surface area contributed by atoms with Crippen molar-refractivity contribution in [3.8, 4) is 0 Å². The minimum Gasteiger partial charge on any atom is -0.268 e. The summed E-state index contributed by atoms with van der Waals surface area (Å²) in [6, 6.07) is 7.86. The summed E-state index contributed by atoms with van der Waals surface area (Å²) < 4.78 is 30.7. The van der Waals surface area contributed by atoms with Crippen LogP contribution < -0.4 is 4.31 Å². The second-order valence-corrected chi connectivity index (χ2v) is 10.0. The second-order valence-electron chi connectivity index (χ2n) is 8.25. The largest absolute Gasteiger partial charge is 0.268 e. The van der Waals surface area contributed by atoms with Gasteiger partial charge in [-0.15, -0.1) is 0 Å². The zero-order chi connectivity index (χ0) is 19.3. The molecule has 1 unspecified atom stereocenters. The molecule has 142 valence electrons. The molecular formula is C20H29N3O2S. The first kappa shape index (κ1) is 19.0. The minimum atomic E-state index is -3.67. The van der Waals surface area contributed by atoms with E-state index in [2.05, 4.69) is 25.9 Å². The third-order valence-corrected chi connectivity index (χ3v) is 7.53. The smallest absolute Gasteiger partial charge is 0.268 e. The van der Waals surface area contributed by atoms with Crippen LogP contribution in [0.15, 0.2) is 29.2 Å². The average Bonchev–Trinajstić information content (AvgIpc) is 2.87. The van der Waals surface area contributed by atoms with Crippen molar-refractivity contribution < 1.29 is 8.42 Å². The maximum absolute atomic E-state index is 13.7. The van der Waals surface area contributed by atoms with Crippen LogP contribution in [0.25, 0.3) is 0 Å². The van der Waals surface area contributed by atoms with Crippen LogP contribution in [0.1, 0.15) is 44.6 Å². The zero-order valence-corrected chi connectivity index (χ0v) is 17.4. The Bertz CT molecular complexity index is 923. The number of aromatic nitrogens is 2. The molecular weight excluding hydrogens is 346 g/mol. The van der Waals surface area contributed by atoms with Gasteiger partial charge in [0.25, 0.3) is 10.0 Å². The molecule has 2 heterocycles. The number of rotatable bonds is 3. The molecule has 3 rings (SSSR count). The Labute approximate surface area is 157 Å². The number of hydrogen-bond donors (Lipinski definition) is 0. The van der Waals surface area contributed by atoms with E-state index < -0.39 is 10.0 Å². The highest BCUT2D eigenvalue weighted by atomic mass is 32.2. The number of benzene rings is 1. The molecule has 0 N–H and O–H groups in total. The minimum absolute atomic E-state index is 0.0268. The Morgan fingerprint density at radius 1 is 1.19 bits per heavy atom. The van der Waals surface area contributed by atoms with Gasteiger partial charge in [0.2, 0.25) is 0 Å². The molecule has 0 saturated carbocycles. The van der Waals surface area contributed by atoms with E-state index >= 15 is 0 Å². The highest BCUT2D eigenvalue weighted by molar-refractivity contribution is 7.93. The molecule has 6 heteroatoms. The van der Waals surface area contributed by atoms with Crippen molar-refractivity contribution in [1.82, 2.24) is 9.78 Å². The van der Waals surface area contributed by atoms with Crippen molar-refractivity contribution in [3.63, 3.8) is 0 Å². The molecule has 2 aromatic rings. The number of sulfonamides is 1. The van der Waals surface area contributed by atoms with Gasteiger partial charge in [-0.3, -0.25) is 8.99 Å². The lowest BCUT2D eigenvalue weighted by Crippen LogP contribution is -2.44. The van der Waals surface area contributed by atoms with Crippen molar-refractivity contribution in [1.29, 1.82) is 0 Å². The number of para-hydroxylation sites is 1. The van der Waals surface area contributed by atoms with Crippen molar-refractivity contribution in [2.24, 2.45) is 11.3 Å². The first-order valence-electron chi connectivity index (χ1n) is 9.22. The summed E-state index contributed by atoms with van der Waals surface area (Å²) in [5.41, 5.74) is 3.20. The molecule has 1 aromatic carbocycles. The Balaban J connectivity index is 2.16. The summed E-state index contributed by atoms with van der Waals surface area (Å²) in [6.07, 6.45) is 0.901. The van der Waals surface area contributed by atoms with Gasteiger partial charge in [0.1, 0.15) is 4.90 Å². The molecule has 0 amide bonds. The van der Waals surface area contributed by atoms with E-state index in [4.69, 9.17) is 0 Å². The first-order valence-corrected chi connectivity index (χ1v) is 10.7. The third-order valence-electron chi connectivity index (χ3n) is 5.50. The summed E-state index contributed by atoms with van der Waals surface area (Å²) in [5, 5.41) is 4.42. The fourth-order valence-electron chi connectivity index (χ4n) is 3.83. The summed E-state index contributed by atoms with van der Waals surface area (Å²) >= 11 is 0. The molecule has 1 aromatic heterocycles. The van der Waals surface area contributed by atoms with Crippen LogP contribution in [-0.2, 0) is 23.0 Å². The summed E-state index contributed by atoms with van der Waals surface area (Å²) in [5.74, 6) is 0.258. The topological polar surface area (TPSA) is 55.2 Å². The van der Waals surface area contributed by atoms with Crippen LogP contribution in [0.4, 0.5) is 5.69 Å². The van der Waals surface area contributed by atoms with Crippen LogP contribution in [0, 0.1) is 25.2 Å². The summed E-state index contributed by atoms with van der Waals surface area (Å²) in [7, 11) is -3.67. The monoisotopic (exact) mass is 375 g/mol. The van der Waals surface area contributed by atoms with Gasteiger partial charge < -0.3 is 0 Å². The van der Waals surface area contributed by atoms with Crippen LogP contribution in [0.2, 0.25) is 0 Å². The molecule has 0 spiro atoms. The SMILES string of the molecule is CCn1nc(C)c(S(=O)(=O)N2CC(C(C)(C)C)Cc3ccccc32)c1C. The van der Waals surface area contributed by atoms with E-state index in [1.165, 1.54) is 0 Å². The summed E-state index contributed by atoms with van der Waals surface area (Å²) in [4.78, 5) is 0.351. The normalized spacial score (nSPS) is 18.1. The third kappa shape index (κ3) is 3.04. The molecule has 5 nitrogen and oxygen atoms in total. The highest BCUT2D eigenvalue weighted by Crippen LogP contribution is 2.41. The zero-order valence-electron chi connectivity index (χ0n) is 16.6. The van der Waals surface area contributed by atoms with E-state index in [1.54, 1.807) is 15.9 Å². The summed E-state index contributed by atoms with van der Waals surface area (Å²) in [6.45, 7) is 13.3. The van der Waals surface area contributed by atoms with Gasteiger partial charge >= 0.3 is 0 Å². The molecule has 0 aliphatic carbocycles. The Morgan fingerprint density at radius 2 is 1.85 bits per heavy atom. The lowest BCUT2D eigenvalue weighted by Gasteiger charge is -2.41. The van der Waals surface area contributed by atoms with Crippen molar-refractivity contribution in [2.75, 3.05) is 10.8 Å². The molecule has 0 fully saturated rings. The van der Waals surface area contributed by atoms with Gasteiger partial charge in [-0.05, 0) is 50.2 Å². The quantitative estimate of drug-likeness (QED) is 0.817. The second kappa shape index (κ2) is 6.41. The van der Waals surface area contributed by atoms with Gasteiger partial charge in [-0.25, -0.2) is 8.42 Å². The van der Waals surface area contributed by atoms with Crippen LogP contribution in [0.3, 0.4) is 0 Å². The fraction of sp³-hybridized carbons (Fsp3) is 0.550. The number of anilines is 1. The van der Waals surface area contributed by atoms with Crippen LogP contribution >= 0.6 is 0 Å². The first-order chi connectivity index (χ1) is 12.1. The van der Waals surface area contributed by atoms with Gasteiger partial charge in [-0.2, -0.15) is 5.10 Å². The molecule has 0 saturated heterocycles. The van der Waals surface area contributed by atoms with Crippen molar-refractivity contribution in [2.45, 2.75) is 59.4 Å². The maximum Gasteiger partial charge on any atom is 0.268 e. The van der Waals surface area contributed by atoms with E-state index in [0.29, 0.717) is 29.4 Å². The Hall–Kier alpha value is -1.82. The number of nitrogens with zero attached hydrogens (tertiary/aromatic N) is 3. The maximum atomic E-state index is 13.7. The van der Waals surface area contributed by atoms with Crippen LogP contribution in [0.5, 0.6) is 0 Å². The predicted molar refractivity (Wildman–Crippen MR) is 105 cm³/mol. The van der Waals surface area contributed by atoms with Gasteiger partial charge in [0, 0.05) is 13.1 Å². The average molecular weight is 376 g/mol. The van der Waals surface area contributed by atoms with E-state index in [9.17, 15) is 8.42 Å². The number of fused-ring (bicyclic) bond motifs is 1. The van der Waals surface area contributed by atoms with Crippen molar-refractivity contribution in [3.05, 3.63) is 41.2 Å². The lowest BCUT2D eigenvalue weighted by atomic mass is 9.75. The molecule has 0 radical (unpaired) electrons. The molecule has 1 aliphatic rings. The lowest BCUT2D eigenvalue weighted by molar-refractivity contribution is 0.241. The van der Waals surface area contributed by atoms with Gasteiger partial charge in [0.15, 0.2) is 0 Å². The molecule has 0 bridgehead atoms. The van der Waals surface area contributed by atoms with E-state index in [-0.39, 0.29) is 11.3 Å². The van der Waals surface area contributed by atoms with E-state index in [0.717, 1.165) is 17.7 Å². The Kier molecular flexibility index (Phi) is 4.67. The van der Waals surface area contributed by atoms with Gasteiger partial charge in [0.05, 0.1) is 17.1 Å². The fourth-order valence-corrected chi connectivity index (χ4v) is 5.76. The molecule has 26 heavy (non-hydrogen) atoms. The molecule has 1 atom stereocenters. The van der Waals surface area contributed by atoms with Gasteiger partial charge in [-0.1, -0.05) is 39.0 Å². The van der Waals surface area contributed by atoms with Crippen molar-refractivity contribution >= 4 is 15.7 Å². The Morgan fingerprint density at radius 3 is 2.42 bits per heavy atom. The van der Waals surface area contributed by atoms with E-state index in [1.807, 2.05) is 38.1 Å². The number of hydrogen-bond acceptors (Lipinski definition) is 3. The number of aryl methyl sites for hydroxylation is 2. The molecule has 1 aliphatic heterocycles. The standard InChI is InChI=1S/C20H29N3O2S/c1-7-22-15(3)19(14(2)21-22)26(24,25)23-13-17(20(4,5)6)12-16-10-8-9-11-18(16)23/h8-11,17H,7,12-13H2,1-6H3. The highest BCUT2D eigenvalue weighted by Gasteiger charge is 2.39. The predicted octanol–water partition coefficient (Wildman–Crippen LogP) is 3.93. The van der Waals surface area contributed by atoms with Crippen LogP contribution in [-0.4, -0.2) is 24.7 Å².